The van der Waals surface area contributed by atoms with E-state index in [1.807, 2.05) is 18.7 Å². The monoisotopic (exact) mass is 365 g/mol. The number of hydrogen-bond donors (Lipinski definition) is 2. The van der Waals surface area contributed by atoms with Gasteiger partial charge in [0.1, 0.15) is 0 Å². The van der Waals surface area contributed by atoms with Crippen LogP contribution in [0.3, 0.4) is 0 Å². The summed E-state index contributed by atoms with van der Waals surface area (Å²) < 4.78 is 1.90. The van der Waals surface area contributed by atoms with Crippen molar-refractivity contribution in [3.63, 3.8) is 0 Å². The number of hydrogen-bond acceptors (Lipinski definition) is 2. The highest BCUT2D eigenvalue weighted by Crippen LogP contribution is 2.12. The zero-order valence-electron chi connectivity index (χ0n) is 11.9. The van der Waals surface area contributed by atoms with Gasteiger partial charge in [0.05, 0.1) is 12.2 Å². The number of nitrogens with zero attached hydrogens (tertiary/aromatic N) is 3. The van der Waals surface area contributed by atoms with E-state index in [2.05, 4.69) is 41.5 Å². The Hall–Kier alpha value is -0.790. The van der Waals surface area contributed by atoms with Gasteiger partial charge in [0.2, 0.25) is 0 Å². The molecule has 5 nitrogen and oxygen atoms in total. The van der Waals surface area contributed by atoms with Crippen molar-refractivity contribution in [3.05, 3.63) is 17.0 Å². The molecular weight excluding hydrogens is 341 g/mol. The van der Waals surface area contributed by atoms with Crippen LogP contribution >= 0.6 is 24.0 Å². The Morgan fingerprint density at radius 3 is 2.17 bits per heavy atom. The fourth-order valence-electron chi connectivity index (χ4n) is 1.71. The smallest absolute Gasteiger partial charge is 0.191 e. The first kappa shape index (κ1) is 17.2. The van der Waals surface area contributed by atoms with Gasteiger partial charge in [0.25, 0.3) is 0 Å². The van der Waals surface area contributed by atoms with Crippen LogP contribution in [0.2, 0.25) is 0 Å². The summed E-state index contributed by atoms with van der Waals surface area (Å²) >= 11 is 0. The van der Waals surface area contributed by atoms with E-state index in [1.165, 1.54) is 11.3 Å². The first-order valence-electron chi connectivity index (χ1n) is 6.11. The van der Waals surface area contributed by atoms with Crippen LogP contribution in [0.4, 0.5) is 0 Å². The Morgan fingerprint density at radius 1 is 1.22 bits per heavy atom. The van der Waals surface area contributed by atoms with Gasteiger partial charge >= 0.3 is 0 Å². The highest BCUT2D eigenvalue weighted by Gasteiger charge is 2.08. The molecule has 0 aromatic carbocycles. The molecule has 1 aromatic heterocycles. The summed E-state index contributed by atoms with van der Waals surface area (Å²) in [6.45, 7) is 10.6. The number of guanidine groups is 1. The Labute approximate surface area is 126 Å². The van der Waals surface area contributed by atoms with Gasteiger partial charge < -0.3 is 10.6 Å². The predicted octanol–water partition coefficient (Wildman–Crippen LogP) is 1.73. The Balaban J connectivity index is 0.00000289. The second kappa shape index (κ2) is 8.34. The molecule has 1 aromatic rings. The fourth-order valence-corrected chi connectivity index (χ4v) is 1.71. The third-order valence-corrected chi connectivity index (χ3v) is 2.74. The van der Waals surface area contributed by atoms with Crippen molar-refractivity contribution in [1.29, 1.82) is 0 Å². The molecule has 1 rings (SSSR count). The molecule has 0 atom stereocenters. The van der Waals surface area contributed by atoms with E-state index in [0.717, 1.165) is 24.7 Å². The van der Waals surface area contributed by atoms with Crippen LogP contribution in [0.1, 0.15) is 30.8 Å². The molecule has 0 aliphatic rings. The first-order chi connectivity index (χ1) is 8.10. The molecule has 18 heavy (non-hydrogen) atoms. The topological polar surface area (TPSA) is 54.2 Å². The van der Waals surface area contributed by atoms with E-state index >= 15 is 0 Å². The Kier molecular flexibility index (Phi) is 7.97. The lowest BCUT2D eigenvalue weighted by Crippen LogP contribution is -2.37. The van der Waals surface area contributed by atoms with Gasteiger partial charge in [0, 0.05) is 31.4 Å². The molecule has 0 unspecified atom stereocenters. The molecule has 0 aliphatic heterocycles. The summed E-state index contributed by atoms with van der Waals surface area (Å²) in [4.78, 5) is 4.55. The van der Waals surface area contributed by atoms with Crippen LogP contribution in [0.25, 0.3) is 0 Å². The molecule has 0 aliphatic carbocycles. The maximum Gasteiger partial charge on any atom is 0.191 e. The maximum atomic E-state index is 4.55. The number of nitrogens with one attached hydrogen (secondary N) is 2. The molecule has 6 heteroatoms. The highest BCUT2D eigenvalue weighted by molar-refractivity contribution is 14.0. The van der Waals surface area contributed by atoms with Gasteiger partial charge in [-0.3, -0.25) is 4.68 Å². The summed E-state index contributed by atoms with van der Waals surface area (Å²) in [5.41, 5.74) is 3.44. The van der Waals surface area contributed by atoms with E-state index in [-0.39, 0.29) is 24.0 Å². The molecule has 0 spiro atoms. The fraction of sp³-hybridized carbons (Fsp3) is 0.667. The molecule has 0 bridgehead atoms. The lowest BCUT2D eigenvalue weighted by atomic mass is 10.2. The zero-order chi connectivity index (χ0) is 12.8. The number of aliphatic imine (C=N–C) groups is 1. The molecule has 104 valence electrons. The van der Waals surface area contributed by atoms with Crippen molar-refractivity contribution in [2.45, 2.75) is 34.2 Å². The van der Waals surface area contributed by atoms with Crippen molar-refractivity contribution >= 4 is 29.9 Å². The molecule has 2 N–H and O–H groups in total. The lowest BCUT2D eigenvalue weighted by Gasteiger charge is -2.09. The average molecular weight is 365 g/mol. The Morgan fingerprint density at radius 2 is 1.78 bits per heavy atom. The molecule has 0 radical (unpaired) electrons. The lowest BCUT2D eigenvalue weighted by molar-refractivity contribution is 0.730. The van der Waals surface area contributed by atoms with Crippen molar-refractivity contribution in [3.8, 4) is 0 Å². The van der Waals surface area contributed by atoms with Gasteiger partial charge in [-0.05, 0) is 27.7 Å². The van der Waals surface area contributed by atoms with Crippen LogP contribution in [-0.4, -0.2) is 28.8 Å². The largest absolute Gasteiger partial charge is 0.357 e. The van der Waals surface area contributed by atoms with Crippen molar-refractivity contribution in [2.75, 3.05) is 13.1 Å². The summed E-state index contributed by atoms with van der Waals surface area (Å²) in [5.74, 6) is 0.859. The predicted molar refractivity (Wildman–Crippen MR) is 86.6 cm³/mol. The normalized spacial score (nSPS) is 9.61. The average Bonchev–Trinajstić information content (AvgIpc) is 2.51. The summed E-state index contributed by atoms with van der Waals surface area (Å²) in [6, 6.07) is 0. The molecule has 0 amide bonds. The van der Waals surface area contributed by atoms with E-state index in [0.29, 0.717) is 6.54 Å². The Bertz CT molecular complexity index is 389. The summed E-state index contributed by atoms with van der Waals surface area (Å²) in [7, 11) is 1.96. The van der Waals surface area contributed by atoms with Crippen LogP contribution in [0, 0.1) is 13.8 Å². The minimum atomic E-state index is 0. The standard InChI is InChI=1S/C12H23N5.HI/c1-6-13-12(14-7-2)15-8-11-9(3)16-17(5)10(11)4;/h6-8H2,1-5H3,(H2,13,14,15);1H. The van der Waals surface area contributed by atoms with Crippen LogP contribution in [-0.2, 0) is 13.6 Å². The van der Waals surface area contributed by atoms with E-state index in [4.69, 9.17) is 0 Å². The van der Waals surface area contributed by atoms with Gasteiger partial charge in [-0.2, -0.15) is 5.10 Å². The molecular formula is C12H24IN5. The van der Waals surface area contributed by atoms with E-state index < -0.39 is 0 Å². The maximum absolute atomic E-state index is 4.55. The molecule has 1 heterocycles. The van der Waals surface area contributed by atoms with Gasteiger partial charge in [-0.15, -0.1) is 24.0 Å². The van der Waals surface area contributed by atoms with Gasteiger partial charge in [-0.1, -0.05) is 0 Å². The minimum Gasteiger partial charge on any atom is -0.357 e. The second-order valence-electron chi connectivity index (χ2n) is 4.00. The zero-order valence-corrected chi connectivity index (χ0v) is 14.2. The SMILES string of the molecule is CCNC(=NCc1c(C)nn(C)c1C)NCC.I. The molecule has 0 saturated heterocycles. The van der Waals surface area contributed by atoms with Crippen LogP contribution in [0.5, 0.6) is 0 Å². The number of aryl methyl sites for hydroxylation is 2. The van der Waals surface area contributed by atoms with E-state index in [9.17, 15) is 0 Å². The summed E-state index contributed by atoms with van der Waals surface area (Å²) in [6.07, 6.45) is 0. The van der Waals surface area contributed by atoms with Gasteiger partial charge in [0.15, 0.2) is 5.96 Å². The minimum absolute atomic E-state index is 0. The van der Waals surface area contributed by atoms with Crippen molar-refractivity contribution in [1.82, 2.24) is 20.4 Å². The van der Waals surface area contributed by atoms with Crippen LogP contribution in [0.15, 0.2) is 4.99 Å². The van der Waals surface area contributed by atoms with Crippen molar-refractivity contribution < 1.29 is 0 Å². The van der Waals surface area contributed by atoms with E-state index in [1.54, 1.807) is 0 Å². The van der Waals surface area contributed by atoms with Crippen molar-refractivity contribution in [2.24, 2.45) is 12.0 Å². The third-order valence-electron chi connectivity index (χ3n) is 2.74. The number of halogens is 1. The first-order valence-corrected chi connectivity index (χ1v) is 6.11. The number of aromatic nitrogens is 2. The van der Waals surface area contributed by atoms with Crippen LogP contribution < -0.4 is 10.6 Å². The number of rotatable bonds is 4. The summed E-state index contributed by atoms with van der Waals surface area (Å²) in [5, 5.41) is 10.8. The third kappa shape index (κ3) is 4.47. The highest BCUT2D eigenvalue weighted by atomic mass is 127. The second-order valence-corrected chi connectivity index (χ2v) is 4.00. The molecule has 0 saturated carbocycles. The quantitative estimate of drug-likeness (QED) is 0.486. The molecule has 0 fully saturated rings. The van der Waals surface area contributed by atoms with Gasteiger partial charge in [-0.25, -0.2) is 4.99 Å².